The molecule has 1 aromatic carbocycles. The lowest BCUT2D eigenvalue weighted by Gasteiger charge is -2.18. The molecule has 1 saturated heterocycles. The van der Waals surface area contributed by atoms with Gasteiger partial charge in [0.2, 0.25) is 5.95 Å². The number of ether oxygens (including phenoxy) is 2. The molecule has 4 rings (SSSR count). The monoisotopic (exact) mass is 368 g/mol. The first kappa shape index (κ1) is 17.8. The lowest BCUT2D eigenvalue weighted by molar-refractivity contribution is -0.136. The van der Waals surface area contributed by atoms with E-state index in [2.05, 4.69) is 10.3 Å². The van der Waals surface area contributed by atoms with Crippen molar-refractivity contribution >= 4 is 17.0 Å². The van der Waals surface area contributed by atoms with Gasteiger partial charge in [-0.25, -0.2) is 4.98 Å². The van der Waals surface area contributed by atoms with Crippen molar-refractivity contribution in [2.24, 2.45) is 0 Å². The van der Waals surface area contributed by atoms with Crippen LogP contribution in [-0.4, -0.2) is 44.7 Å². The molecule has 0 spiro atoms. The van der Waals surface area contributed by atoms with Crippen LogP contribution in [-0.2, 0) is 16.0 Å². The fourth-order valence-corrected chi connectivity index (χ4v) is 3.31. The van der Waals surface area contributed by atoms with Crippen molar-refractivity contribution in [1.29, 1.82) is 0 Å². The van der Waals surface area contributed by atoms with E-state index >= 15 is 0 Å². The summed E-state index contributed by atoms with van der Waals surface area (Å²) >= 11 is 0. The number of hydrogen-bond acceptors (Lipinski definition) is 6. The SMILES string of the molecule is Cc1ccc(O)c(Cn2c(NC[C@@H]3COC(C)(C)O3)nc3ccccc32)n1. The molecule has 1 atom stereocenters. The Morgan fingerprint density at radius 1 is 1.22 bits per heavy atom. The molecule has 142 valence electrons. The van der Waals surface area contributed by atoms with E-state index in [0.29, 0.717) is 31.3 Å². The van der Waals surface area contributed by atoms with Gasteiger partial charge in [0, 0.05) is 12.2 Å². The molecule has 1 aliphatic heterocycles. The number of pyridine rings is 1. The molecule has 3 heterocycles. The van der Waals surface area contributed by atoms with E-state index in [1.807, 2.05) is 49.6 Å². The Kier molecular flexibility index (Phi) is 4.49. The van der Waals surface area contributed by atoms with E-state index in [-0.39, 0.29) is 11.9 Å². The summed E-state index contributed by atoms with van der Waals surface area (Å²) in [6.07, 6.45) is -0.0428. The number of benzene rings is 1. The fourth-order valence-electron chi connectivity index (χ4n) is 3.31. The smallest absolute Gasteiger partial charge is 0.204 e. The highest BCUT2D eigenvalue weighted by Gasteiger charge is 2.32. The van der Waals surface area contributed by atoms with Gasteiger partial charge in [0.1, 0.15) is 17.5 Å². The van der Waals surface area contributed by atoms with Crippen LogP contribution in [0.1, 0.15) is 25.2 Å². The third-order valence-electron chi connectivity index (χ3n) is 4.61. The third kappa shape index (κ3) is 3.74. The highest BCUT2D eigenvalue weighted by atomic mass is 16.7. The Hall–Kier alpha value is -2.64. The average molecular weight is 368 g/mol. The van der Waals surface area contributed by atoms with E-state index in [1.165, 1.54) is 0 Å². The van der Waals surface area contributed by atoms with Crippen molar-refractivity contribution < 1.29 is 14.6 Å². The molecule has 7 heteroatoms. The summed E-state index contributed by atoms with van der Waals surface area (Å²) in [5.74, 6) is 0.342. The second-order valence-corrected chi connectivity index (χ2v) is 7.26. The number of imidazole rings is 1. The summed E-state index contributed by atoms with van der Waals surface area (Å²) in [5, 5.41) is 13.6. The number of nitrogens with zero attached hydrogens (tertiary/aromatic N) is 3. The Balaban J connectivity index is 1.62. The van der Waals surface area contributed by atoms with Gasteiger partial charge in [-0.15, -0.1) is 0 Å². The van der Waals surface area contributed by atoms with Gasteiger partial charge >= 0.3 is 0 Å². The van der Waals surface area contributed by atoms with Crippen LogP contribution in [0.5, 0.6) is 5.75 Å². The molecule has 0 amide bonds. The maximum Gasteiger partial charge on any atom is 0.204 e. The molecule has 1 fully saturated rings. The van der Waals surface area contributed by atoms with Crippen molar-refractivity contribution in [1.82, 2.24) is 14.5 Å². The molecule has 0 unspecified atom stereocenters. The largest absolute Gasteiger partial charge is 0.506 e. The molecule has 0 saturated carbocycles. The van der Waals surface area contributed by atoms with E-state index in [0.717, 1.165) is 16.7 Å². The molecule has 27 heavy (non-hydrogen) atoms. The highest BCUT2D eigenvalue weighted by molar-refractivity contribution is 5.78. The molecule has 2 N–H and O–H groups in total. The zero-order valence-electron chi connectivity index (χ0n) is 15.8. The number of hydrogen-bond donors (Lipinski definition) is 2. The summed E-state index contributed by atoms with van der Waals surface area (Å²) in [6.45, 7) is 7.28. The summed E-state index contributed by atoms with van der Waals surface area (Å²) < 4.78 is 13.5. The van der Waals surface area contributed by atoms with Gasteiger partial charge in [-0.3, -0.25) is 4.98 Å². The first-order valence-corrected chi connectivity index (χ1v) is 9.08. The van der Waals surface area contributed by atoms with Crippen LogP contribution >= 0.6 is 0 Å². The molecule has 1 aliphatic rings. The molecule has 7 nitrogen and oxygen atoms in total. The molecule has 0 aliphatic carbocycles. The number of fused-ring (bicyclic) bond motifs is 1. The second kappa shape index (κ2) is 6.83. The van der Waals surface area contributed by atoms with Crippen molar-refractivity contribution in [2.45, 2.75) is 39.2 Å². The molecular formula is C20H24N4O3. The summed E-state index contributed by atoms with van der Waals surface area (Å²) in [4.78, 5) is 9.19. The summed E-state index contributed by atoms with van der Waals surface area (Å²) in [6, 6.07) is 11.4. The minimum absolute atomic E-state index is 0.0428. The Morgan fingerprint density at radius 3 is 2.81 bits per heavy atom. The van der Waals surface area contributed by atoms with Gasteiger partial charge in [-0.05, 0) is 45.0 Å². The number of aromatic nitrogens is 3. The number of para-hydroxylation sites is 2. The van der Waals surface area contributed by atoms with Gasteiger partial charge < -0.3 is 24.5 Å². The number of aryl methyl sites for hydroxylation is 1. The van der Waals surface area contributed by atoms with Gasteiger partial charge in [-0.2, -0.15) is 0 Å². The molecular weight excluding hydrogens is 344 g/mol. The lowest BCUT2D eigenvalue weighted by atomic mass is 10.2. The van der Waals surface area contributed by atoms with Crippen molar-refractivity contribution in [3.8, 4) is 5.75 Å². The molecule has 0 radical (unpaired) electrons. The Labute approximate surface area is 158 Å². The van der Waals surface area contributed by atoms with Crippen LogP contribution in [0.15, 0.2) is 36.4 Å². The fraction of sp³-hybridized carbons (Fsp3) is 0.400. The van der Waals surface area contributed by atoms with Crippen LogP contribution in [0.3, 0.4) is 0 Å². The van der Waals surface area contributed by atoms with E-state index in [1.54, 1.807) is 12.1 Å². The second-order valence-electron chi connectivity index (χ2n) is 7.26. The van der Waals surface area contributed by atoms with E-state index in [4.69, 9.17) is 14.5 Å². The zero-order valence-corrected chi connectivity index (χ0v) is 15.8. The predicted molar refractivity (Wildman–Crippen MR) is 103 cm³/mol. The van der Waals surface area contributed by atoms with Gasteiger partial charge in [0.15, 0.2) is 5.79 Å². The quantitative estimate of drug-likeness (QED) is 0.720. The van der Waals surface area contributed by atoms with Crippen molar-refractivity contribution in [3.63, 3.8) is 0 Å². The summed E-state index contributed by atoms with van der Waals surface area (Å²) in [5.41, 5.74) is 3.34. The zero-order chi connectivity index (χ0) is 19.0. The standard InChI is InChI=1S/C20H24N4O3/c1-13-8-9-18(25)16(22-13)11-24-17-7-5-4-6-15(17)23-19(24)21-10-14-12-26-20(2,3)27-14/h4-9,14,25H,10-12H2,1-3H3,(H,21,23)/t14-/m1/s1. The van der Waals surface area contributed by atoms with Crippen molar-refractivity contribution in [3.05, 3.63) is 47.8 Å². The minimum Gasteiger partial charge on any atom is -0.506 e. The number of anilines is 1. The topological polar surface area (TPSA) is 81.4 Å². The number of rotatable bonds is 5. The average Bonchev–Trinajstić information content (AvgIpc) is 3.16. The number of nitrogens with one attached hydrogen (secondary N) is 1. The maximum absolute atomic E-state index is 10.2. The Bertz CT molecular complexity index is 967. The van der Waals surface area contributed by atoms with Gasteiger partial charge in [-0.1, -0.05) is 12.1 Å². The summed E-state index contributed by atoms with van der Waals surface area (Å²) in [7, 11) is 0. The molecule has 3 aromatic rings. The van der Waals surface area contributed by atoms with Gasteiger partial charge in [0.25, 0.3) is 0 Å². The maximum atomic E-state index is 10.2. The predicted octanol–water partition coefficient (Wildman–Crippen LogP) is 3.06. The van der Waals surface area contributed by atoms with Crippen LogP contribution < -0.4 is 5.32 Å². The van der Waals surface area contributed by atoms with E-state index < -0.39 is 5.79 Å². The normalized spacial score (nSPS) is 18.9. The molecule has 0 bridgehead atoms. The Morgan fingerprint density at radius 2 is 2.04 bits per heavy atom. The number of aromatic hydroxyl groups is 1. The first-order valence-electron chi connectivity index (χ1n) is 9.08. The minimum atomic E-state index is -0.552. The highest BCUT2D eigenvalue weighted by Crippen LogP contribution is 2.26. The molecule has 2 aromatic heterocycles. The lowest BCUT2D eigenvalue weighted by Crippen LogP contribution is -2.26. The first-order chi connectivity index (χ1) is 12.9. The van der Waals surface area contributed by atoms with Crippen LogP contribution in [0.2, 0.25) is 0 Å². The van der Waals surface area contributed by atoms with Crippen LogP contribution in [0.25, 0.3) is 11.0 Å². The van der Waals surface area contributed by atoms with Crippen LogP contribution in [0, 0.1) is 6.92 Å². The van der Waals surface area contributed by atoms with Crippen LogP contribution in [0.4, 0.5) is 5.95 Å². The van der Waals surface area contributed by atoms with Gasteiger partial charge in [0.05, 0.1) is 24.2 Å². The third-order valence-corrected chi connectivity index (χ3v) is 4.61. The van der Waals surface area contributed by atoms with E-state index in [9.17, 15) is 5.11 Å². The van der Waals surface area contributed by atoms with Crippen molar-refractivity contribution in [2.75, 3.05) is 18.5 Å².